The van der Waals surface area contributed by atoms with Crippen molar-refractivity contribution in [1.29, 1.82) is 0 Å². The minimum absolute atomic E-state index is 0.146. The summed E-state index contributed by atoms with van der Waals surface area (Å²) in [4.78, 5) is 16.6. The Labute approximate surface area is 175 Å². The zero-order chi connectivity index (χ0) is 20.8. The number of rotatable bonds is 9. The van der Waals surface area contributed by atoms with Gasteiger partial charge in [-0.2, -0.15) is 4.98 Å². The van der Waals surface area contributed by atoms with E-state index in [0.29, 0.717) is 52.1 Å². The highest BCUT2D eigenvalue weighted by Gasteiger charge is 2.21. The van der Waals surface area contributed by atoms with Crippen LogP contribution in [0.25, 0.3) is 11.3 Å². The smallest absolute Gasteiger partial charge is 0.351 e. The highest BCUT2D eigenvalue weighted by Crippen LogP contribution is 2.32. The van der Waals surface area contributed by atoms with Crippen molar-refractivity contribution in [2.75, 3.05) is 46.2 Å². The molecule has 0 radical (unpaired) electrons. The van der Waals surface area contributed by atoms with E-state index < -0.39 is 0 Å². The Kier molecular flexibility index (Phi) is 6.99. The average Bonchev–Trinajstić information content (AvgIpc) is 2.78. The van der Waals surface area contributed by atoms with E-state index in [1.165, 1.54) is 0 Å². The Bertz CT molecular complexity index is 907. The molecular formula is C22H28N2O6. The highest BCUT2D eigenvalue weighted by molar-refractivity contribution is 5.67. The van der Waals surface area contributed by atoms with Crippen molar-refractivity contribution in [2.45, 2.75) is 32.4 Å². The highest BCUT2D eigenvalue weighted by atomic mass is 16.6. The van der Waals surface area contributed by atoms with Crippen LogP contribution in [-0.2, 0) is 27.2 Å². The Hall–Kier alpha value is -2.42. The van der Waals surface area contributed by atoms with Crippen LogP contribution < -0.4 is 15.2 Å². The summed E-state index contributed by atoms with van der Waals surface area (Å²) in [5.74, 6) is 1.12. The Morgan fingerprint density at radius 3 is 2.93 bits per heavy atom. The number of fused-ring (bicyclic) bond motifs is 3. The van der Waals surface area contributed by atoms with Crippen LogP contribution in [0.2, 0.25) is 0 Å². The van der Waals surface area contributed by atoms with Gasteiger partial charge >= 0.3 is 5.69 Å². The largest absolute Gasteiger partial charge is 0.491 e. The lowest BCUT2D eigenvalue weighted by Crippen LogP contribution is -2.34. The molecular weight excluding hydrogens is 388 g/mol. The molecule has 1 saturated heterocycles. The third kappa shape index (κ3) is 5.00. The van der Waals surface area contributed by atoms with Gasteiger partial charge < -0.3 is 23.7 Å². The first-order valence-electron chi connectivity index (χ1n) is 10.5. The normalized spacial score (nSPS) is 17.8. The molecule has 0 unspecified atom stereocenters. The lowest BCUT2D eigenvalue weighted by molar-refractivity contribution is -0.102. The van der Waals surface area contributed by atoms with Gasteiger partial charge in [0.15, 0.2) is 0 Å². The lowest BCUT2D eigenvalue weighted by Gasteiger charge is -2.24. The number of hydrogen-bond acceptors (Lipinski definition) is 7. The second-order valence-corrected chi connectivity index (χ2v) is 7.32. The second kappa shape index (κ2) is 10.1. The Balaban J connectivity index is 1.46. The minimum atomic E-state index is -0.303. The molecule has 0 N–H and O–H groups in total. The molecule has 1 atom stereocenters. The fourth-order valence-corrected chi connectivity index (χ4v) is 3.62. The first-order valence-corrected chi connectivity index (χ1v) is 10.5. The molecule has 30 heavy (non-hydrogen) atoms. The number of aryl methyl sites for hydroxylation is 1. The molecule has 4 rings (SSSR count). The molecule has 0 amide bonds. The van der Waals surface area contributed by atoms with Crippen molar-refractivity contribution in [1.82, 2.24) is 9.55 Å². The quantitative estimate of drug-likeness (QED) is 0.579. The topological polar surface area (TPSA) is 81.0 Å². The van der Waals surface area contributed by atoms with Crippen LogP contribution in [0.1, 0.15) is 18.9 Å². The SMILES string of the molecule is CCCOCCOc1ccc2c(c1)CCn1c-2cc(OC[C@H]2COCCO2)nc1=O. The number of ether oxygens (including phenoxy) is 5. The van der Waals surface area contributed by atoms with E-state index in [2.05, 4.69) is 11.9 Å². The maximum absolute atomic E-state index is 12.5. The average molecular weight is 416 g/mol. The Morgan fingerprint density at radius 2 is 2.10 bits per heavy atom. The van der Waals surface area contributed by atoms with E-state index in [9.17, 15) is 4.79 Å². The molecule has 8 nitrogen and oxygen atoms in total. The molecule has 0 aliphatic carbocycles. The molecule has 0 bridgehead atoms. The first-order chi connectivity index (χ1) is 14.7. The van der Waals surface area contributed by atoms with Crippen LogP contribution in [0.3, 0.4) is 0 Å². The van der Waals surface area contributed by atoms with Gasteiger partial charge in [0, 0.05) is 24.8 Å². The van der Waals surface area contributed by atoms with Gasteiger partial charge in [-0.25, -0.2) is 4.79 Å². The molecule has 0 spiro atoms. The van der Waals surface area contributed by atoms with Gasteiger partial charge in [0.05, 0.1) is 32.1 Å². The van der Waals surface area contributed by atoms with Crippen molar-refractivity contribution in [3.63, 3.8) is 0 Å². The maximum Gasteiger partial charge on any atom is 0.351 e. The first kappa shape index (κ1) is 20.8. The summed E-state index contributed by atoms with van der Waals surface area (Å²) in [5.41, 5.74) is 2.65. The number of aromatic nitrogens is 2. The van der Waals surface area contributed by atoms with Crippen LogP contribution >= 0.6 is 0 Å². The molecule has 1 fully saturated rings. The molecule has 2 aliphatic rings. The molecule has 3 heterocycles. The zero-order valence-corrected chi connectivity index (χ0v) is 17.3. The van der Waals surface area contributed by atoms with Gasteiger partial charge in [0.25, 0.3) is 0 Å². The minimum Gasteiger partial charge on any atom is -0.491 e. The summed E-state index contributed by atoms with van der Waals surface area (Å²) in [5, 5.41) is 0. The van der Waals surface area contributed by atoms with E-state index in [4.69, 9.17) is 23.7 Å². The molecule has 8 heteroatoms. The van der Waals surface area contributed by atoms with Crippen LogP contribution in [0.5, 0.6) is 11.6 Å². The monoisotopic (exact) mass is 416 g/mol. The van der Waals surface area contributed by atoms with Crippen LogP contribution in [0.15, 0.2) is 29.1 Å². The predicted molar refractivity (Wildman–Crippen MR) is 110 cm³/mol. The summed E-state index contributed by atoms with van der Waals surface area (Å²) in [6.45, 7) is 6.44. The van der Waals surface area contributed by atoms with Crippen molar-refractivity contribution in [3.05, 3.63) is 40.3 Å². The zero-order valence-electron chi connectivity index (χ0n) is 17.3. The van der Waals surface area contributed by atoms with Crippen molar-refractivity contribution < 1.29 is 23.7 Å². The van der Waals surface area contributed by atoms with Crippen molar-refractivity contribution >= 4 is 0 Å². The molecule has 1 aromatic carbocycles. The Morgan fingerprint density at radius 1 is 1.17 bits per heavy atom. The molecule has 2 aromatic rings. The van der Waals surface area contributed by atoms with Gasteiger partial charge in [-0.15, -0.1) is 0 Å². The third-order valence-corrected chi connectivity index (χ3v) is 5.09. The molecule has 1 aromatic heterocycles. The second-order valence-electron chi connectivity index (χ2n) is 7.32. The van der Waals surface area contributed by atoms with E-state index in [1.807, 2.05) is 24.3 Å². The van der Waals surface area contributed by atoms with Crippen LogP contribution in [-0.4, -0.2) is 61.9 Å². The van der Waals surface area contributed by atoms with Crippen LogP contribution in [0, 0.1) is 0 Å². The van der Waals surface area contributed by atoms with Gasteiger partial charge in [0.2, 0.25) is 5.88 Å². The summed E-state index contributed by atoms with van der Waals surface area (Å²) >= 11 is 0. The van der Waals surface area contributed by atoms with Gasteiger partial charge in [-0.3, -0.25) is 4.57 Å². The number of benzene rings is 1. The van der Waals surface area contributed by atoms with E-state index in [1.54, 1.807) is 4.57 Å². The lowest BCUT2D eigenvalue weighted by atomic mass is 9.97. The number of nitrogens with zero attached hydrogens (tertiary/aromatic N) is 2. The van der Waals surface area contributed by atoms with Gasteiger partial charge in [0.1, 0.15) is 25.1 Å². The maximum atomic E-state index is 12.5. The summed E-state index contributed by atoms with van der Waals surface area (Å²) < 4.78 is 29.7. The fraction of sp³-hybridized carbons (Fsp3) is 0.545. The molecule has 0 saturated carbocycles. The fourth-order valence-electron chi connectivity index (χ4n) is 3.62. The van der Waals surface area contributed by atoms with Crippen molar-refractivity contribution in [2.24, 2.45) is 0 Å². The van der Waals surface area contributed by atoms with Gasteiger partial charge in [-0.05, 0) is 36.6 Å². The van der Waals surface area contributed by atoms with E-state index in [0.717, 1.165) is 42.0 Å². The number of hydrogen-bond donors (Lipinski definition) is 0. The molecule has 162 valence electrons. The van der Waals surface area contributed by atoms with E-state index >= 15 is 0 Å². The summed E-state index contributed by atoms with van der Waals surface area (Å²) in [6, 6.07) is 7.77. The summed E-state index contributed by atoms with van der Waals surface area (Å²) in [6.07, 6.45) is 1.60. The van der Waals surface area contributed by atoms with Crippen LogP contribution in [0.4, 0.5) is 0 Å². The third-order valence-electron chi connectivity index (χ3n) is 5.09. The standard InChI is InChI=1S/C22H28N2O6/c1-2-7-26-8-10-28-17-3-4-19-16(12-17)5-6-24-20(19)13-21(23-22(24)25)30-15-18-14-27-9-11-29-18/h3-4,12-13,18H,2,5-11,14-15H2,1H3/t18-/m1/s1. The summed E-state index contributed by atoms with van der Waals surface area (Å²) in [7, 11) is 0. The van der Waals surface area contributed by atoms with E-state index in [-0.39, 0.29) is 11.8 Å². The van der Waals surface area contributed by atoms with Gasteiger partial charge in [-0.1, -0.05) is 6.92 Å². The predicted octanol–water partition coefficient (Wildman–Crippen LogP) is 2.07. The van der Waals surface area contributed by atoms with Crippen molar-refractivity contribution in [3.8, 4) is 22.9 Å². The molecule has 2 aliphatic heterocycles.